The monoisotopic (exact) mass is 386 g/mol. The van der Waals surface area contributed by atoms with E-state index in [2.05, 4.69) is 20.6 Å². The van der Waals surface area contributed by atoms with Gasteiger partial charge in [-0.25, -0.2) is 9.37 Å². The predicted molar refractivity (Wildman–Crippen MR) is 85.6 cm³/mol. The van der Waals surface area contributed by atoms with Crippen molar-refractivity contribution in [3.05, 3.63) is 47.7 Å². The van der Waals surface area contributed by atoms with Gasteiger partial charge in [-0.15, -0.1) is 0 Å². The Labute approximate surface area is 151 Å². The molecule has 2 N–H and O–H groups in total. The van der Waals surface area contributed by atoms with E-state index in [1.165, 1.54) is 6.07 Å². The highest BCUT2D eigenvalue weighted by Crippen LogP contribution is 2.29. The lowest BCUT2D eigenvalue weighted by molar-refractivity contribution is -0.137. The van der Waals surface area contributed by atoms with Crippen LogP contribution in [-0.4, -0.2) is 34.6 Å². The van der Waals surface area contributed by atoms with Crippen LogP contribution in [0, 0.1) is 5.95 Å². The van der Waals surface area contributed by atoms with Crippen LogP contribution in [0.3, 0.4) is 0 Å². The topological polar surface area (TPSA) is 66.9 Å². The first kappa shape index (κ1) is 19.2. The SMILES string of the molecule is O=C(NCc1cc(-c2ccc(C(F)(F)F)cn2)cc(F)n1)[C@H]1C[C@@H](F)CN1. The van der Waals surface area contributed by atoms with Crippen molar-refractivity contribution in [2.24, 2.45) is 0 Å². The molecule has 0 bridgehead atoms. The summed E-state index contributed by atoms with van der Waals surface area (Å²) in [7, 11) is 0. The van der Waals surface area contributed by atoms with Crippen molar-refractivity contribution in [2.45, 2.75) is 31.4 Å². The van der Waals surface area contributed by atoms with Gasteiger partial charge in [0, 0.05) is 30.8 Å². The third-order valence-electron chi connectivity index (χ3n) is 4.07. The lowest BCUT2D eigenvalue weighted by atomic mass is 10.1. The van der Waals surface area contributed by atoms with Crippen molar-refractivity contribution >= 4 is 5.91 Å². The van der Waals surface area contributed by atoms with Crippen molar-refractivity contribution in [2.75, 3.05) is 6.54 Å². The lowest BCUT2D eigenvalue weighted by Crippen LogP contribution is -2.40. The Morgan fingerprint density at radius 3 is 2.67 bits per heavy atom. The van der Waals surface area contributed by atoms with Crippen LogP contribution in [0.5, 0.6) is 0 Å². The molecule has 144 valence electrons. The molecule has 0 saturated carbocycles. The van der Waals surface area contributed by atoms with E-state index in [1.807, 2.05) is 0 Å². The zero-order valence-corrected chi connectivity index (χ0v) is 13.9. The van der Waals surface area contributed by atoms with Gasteiger partial charge in [-0.1, -0.05) is 0 Å². The first-order chi connectivity index (χ1) is 12.7. The third kappa shape index (κ3) is 4.76. The largest absolute Gasteiger partial charge is 0.417 e. The number of halogens is 5. The number of hydrogen-bond acceptors (Lipinski definition) is 4. The molecule has 0 spiro atoms. The molecule has 2 aromatic rings. The Morgan fingerprint density at radius 2 is 2.07 bits per heavy atom. The van der Waals surface area contributed by atoms with Gasteiger partial charge in [0.2, 0.25) is 11.9 Å². The fraction of sp³-hybridized carbons (Fsp3) is 0.353. The van der Waals surface area contributed by atoms with E-state index in [0.717, 1.165) is 18.2 Å². The minimum atomic E-state index is -4.52. The van der Waals surface area contributed by atoms with Crippen molar-refractivity contribution in [1.29, 1.82) is 0 Å². The van der Waals surface area contributed by atoms with Crippen LogP contribution >= 0.6 is 0 Å². The summed E-state index contributed by atoms with van der Waals surface area (Å²) in [6, 6.07) is 3.77. The highest BCUT2D eigenvalue weighted by molar-refractivity contribution is 5.82. The minimum absolute atomic E-state index is 0.0587. The van der Waals surface area contributed by atoms with Gasteiger partial charge >= 0.3 is 6.18 Å². The smallest absolute Gasteiger partial charge is 0.349 e. The first-order valence-corrected chi connectivity index (χ1v) is 8.07. The first-order valence-electron chi connectivity index (χ1n) is 8.07. The van der Waals surface area contributed by atoms with Gasteiger partial charge in [0.05, 0.1) is 29.5 Å². The van der Waals surface area contributed by atoms with E-state index >= 15 is 0 Å². The second kappa shape index (κ2) is 7.55. The molecule has 0 aliphatic carbocycles. The number of nitrogens with one attached hydrogen (secondary N) is 2. The molecule has 5 nitrogen and oxygen atoms in total. The number of carbonyl (C=O) groups excluding carboxylic acids is 1. The van der Waals surface area contributed by atoms with Gasteiger partial charge in [0.1, 0.15) is 6.17 Å². The average Bonchev–Trinajstić information content (AvgIpc) is 3.05. The maximum atomic E-state index is 13.8. The summed E-state index contributed by atoms with van der Waals surface area (Å²) in [4.78, 5) is 19.3. The number of nitrogens with zero attached hydrogens (tertiary/aromatic N) is 2. The van der Waals surface area contributed by atoms with Crippen molar-refractivity contribution in [3.63, 3.8) is 0 Å². The Morgan fingerprint density at radius 1 is 1.30 bits per heavy atom. The quantitative estimate of drug-likeness (QED) is 0.626. The van der Waals surface area contributed by atoms with Crippen molar-refractivity contribution < 1.29 is 26.7 Å². The van der Waals surface area contributed by atoms with Crippen LogP contribution in [0.25, 0.3) is 11.3 Å². The minimum Gasteiger partial charge on any atom is -0.349 e. The zero-order valence-electron chi connectivity index (χ0n) is 13.9. The molecule has 2 atom stereocenters. The van der Waals surface area contributed by atoms with Crippen LogP contribution in [-0.2, 0) is 17.5 Å². The van der Waals surface area contributed by atoms with Gasteiger partial charge in [-0.2, -0.15) is 17.6 Å². The molecule has 1 aliphatic heterocycles. The Kier molecular flexibility index (Phi) is 5.36. The summed E-state index contributed by atoms with van der Waals surface area (Å²) in [5.74, 6) is -1.29. The Hall–Kier alpha value is -2.62. The second-order valence-corrected chi connectivity index (χ2v) is 6.11. The molecular formula is C17H15F5N4O. The number of pyridine rings is 2. The molecule has 2 aromatic heterocycles. The predicted octanol–water partition coefficient (Wildman–Crippen LogP) is 2.62. The Bertz CT molecular complexity index is 825. The number of hydrogen-bond donors (Lipinski definition) is 2. The molecular weight excluding hydrogens is 371 g/mol. The van der Waals surface area contributed by atoms with Gasteiger partial charge in [0.15, 0.2) is 0 Å². The van der Waals surface area contributed by atoms with Gasteiger partial charge < -0.3 is 10.6 Å². The van der Waals surface area contributed by atoms with Gasteiger partial charge in [-0.3, -0.25) is 9.78 Å². The fourth-order valence-corrected chi connectivity index (χ4v) is 2.72. The van der Waals surface area contributed by atoms with E-state index in [4.69, 9.17) is 0 Å². The van der Waals surface area contributed by atoms with E-state index in [1.54, 1.807) is 0 Å². The van der Waals surface area contributed by atoms with Crippen molar-refractivity contribution in [3.8, 4) is 11.3 Å². The molecule has 10 heteroatoms. The van der Waals surface area contributed by atoms with E-state index in [0.29, 0.717) is 6.20 Å². The molecule has 1 saturated heterocycles. The summed E-state index contributed by atoms with van der Waals surface area (Å²) in [5, 5.41) is 5.25. The van der Waals surface area contributed by atoms with Gasteiger partial charge in [-0.05, 0) is 18.2 Å². The van der Waals surface area contributed by atoms with Crippen LogP contribution in [0.2, 0.25) is 0 Å². The normalized spacial score (nSPS) is 19.9. The molecule has 0 aromatic carbocycles. The van der Waals surface area contributed by atoms with Crippen LogP contribution in [0.4, 0.5) is 22.0 Å². The van der Waals surface area contributed by atoms with Crippen molar-refractivity contribution in [1.82, 2.24) is 20.6 Å². The number of aromatic nitrogens is 2. The van der Waals surface area contributed by atoms with E-state index < -0.39 is 35.8 Å². The fourth-order valence-electron chi connectivity index (χ4n) is 2.72. The molecule has 3 heterocycles. The summed E-state index contributed by atoms with van der Waals surface area (Å²) >= 11 is 0. The average molecular weight is 386 g/mol. The van der Waals surface area contributed by atoms with Gasteiger partial charge in [0.25, 0.3) is 0 Å². The summed E-state index contributed by atoms with van der Waals surface area (Å²) in [6.07, 6.45) is -4.89. The molecule has 27 heavy (non-hydrogen) atoms. The van der Waals surface area contributed by atoms with Crippen LogP contribution in [0.1, 0.15) is 17.7 Å². The molecule has 0 radical (unpaired) electrons. The molecule has 0 unspecified atom stereocenters. The molecule has 3 rings (SSSR count). The molecule has 1 aliphatic rings. The highest BCUT2D eigenvalue weighted by atomic mass is 19.4. The van der Waals surface area contributed by atoms with Crippen LogP contribution in [0.15, 0.2) is 30.5 Å². The number of carbonyl (C=O) groups is 1. The number of alkyl halides is 4. The summed E-state index contributed by atoms with van der Waals surface area (Å²) in [6.45, 7) is -0.0145. The maximum absolute atomic E-state index is 13.8. The summed E-state index contributed by atoms with van der Waals surface area (Å²) in [5.41, 5.74) is -0.392. The number of amides is 1. The third-order valence-corrected chi connectivity index (χ3v) is 4.07. The lowest BCUT2D eigenvalue weighted by Gasteiger charge is -2.11. The highest BCUT2D eigenvalue weighted by Gasteiger charge is 2.31. The Balaban J connectivity index is 1.71. The maximum Gasteiger partial charge on any atom is 0.417 e. The summed E-state index contributed by atoms with van der Waals surface area (Å²) < 4.78 is 64.7. The van der Waals surface area contributed by atoms with E-state index in [9.17, 15) is 26.7 Å². The molecule has 1 amide bonds. The van der Waals surface area contributed by atoms with Crippen LogP contribution < -0.4 is 10.6 Å². The molecule has 1 fully saturated rings. The second-order valence-electron chi connectivity index (χ2n) is 6.11. The zero-order chi connectivity index (χ0) is 19.6. The standard InChI is InChI=1S/C17H15F5N4O/c18-11-5-14(24-7-11)16(27)25-8-12-3-9(4-15(19)26-12)13-2-1-10(6-23-13)17(20,21)22/h1-4,6,11,14,24H,5,7-8H2,(H,25,27)/t11-,14-/m1/s1. The van der Waals surface area contributed by atoms with E-state index in [-0.39, 0.29) is 36.5 Å². The number of rotatable bonds is 4.